The summed E-state index contributed by atoms with van der Waals surface area (Å²) in [4.78, 5) is 8.12. The number of halogens is 3. The Bertz CT molecular complexity index is 762. The van der Waals surface area contributed by atoms with E-state index in [1.165, 1.54) is 18.5 Å². The summed E-state index contributed by atoms with van der Waals surface area (Å²) in [6, 6.07) is 6.39. The molecule has 0 amide bonds. The van der Waals surface area contributed by atoms with Crippen LogP contribution in [0.4, 0.5) is 13.2 Å². The number of alkyl halides is 3. The molecule has 154 valence electrons. The van der Waals surface area contributed by atoms with Gasteiger partial charge in [-0.05, 0) is 37.6 Å². The molecule has 0 aromatic carbocycles. The van der Waals surface area contributed by atoms with E-state index in [1.54, 1.807) is 25.1 Å². The number of aliphatic hydroxyl groups is 1. The maximum Gasteiger partial charge on any atom is 0.422 e. The number of nitrogens with zero attached hydrogens (tertiary/aromatic N) is 2. The van der Waals surface area contributed by atoms with Crippen molar-refractivity contribution in [2.24, 2.45) is 4.99 Å². The highest BCUT2D eigenvalue weighted by Crippen LogP contribution is 2.20. The second kappa shape index (κ2) is 9.45. The van der Waals surface area contributed by atoms with E-state index in [4.69, 9.17) is 4.42 Å². The average molecular weight is 400 g/mol. The number of hydrogen-bond acceptors (Lipinski definition) is 5. The molecule has 0 radical (unpaired) electrons. The maximum atomic E-state index is 12.2. The first kappa shape index (κ1) is 21.5. The molecule has 2 heterocycles. The number of rotatable bonds is 8. The van der Waals surface area contributed by atoms with Gasteiger partial charge in [0.25, 0.3) is 0 Å². The normalized spacial score (nSPS) is 14.4. The summed E-state index contributed by atoms with van der Waals surface area (Å²) in [6.45, 7) is 3.00. The van der Waals surface area contributed by atoms with Crippen LogP contribution in [0.3, 0.4) is 0 Å². The Kier molecular flexibility index (Phi) is 7.27. The number of aliphatic imine (C=N–C) groups is 1. The van der Waals surface area contributed by atoms with Crippen molar-refractivity contribution < 1.29 is 27.4 Å². The van der Waals surface area contributed by atoms with Crippen LogP contribution in [0.25, 0.3) is 0 Å². The van der Waals surface area contributed by atoms with E-state index in [0.29, 0.717) is 23.8 Å². The van der Waals surface area contributed by atoms with Gasteiger partial charge in [-0.15, -0.1) is 0 Å². The standard InChI is InChI=1S/C18H23F3N4O3/c1-3-22-16(25-11-17(2,26)14-5-4-8-27-14)24-10-13-6-7-23-15(9-13)28-12-18(19,20)21/h4-9,26H,3,10-12H2,1-2H3,(H2,22,24,25). The molecule has 0 bridgehead atoms. The molecule has 3 N–H and O–H groups in total. The zero-order valence-electron chi connectivity index (χ0n) is 15.6. The number of pyridine rings is 1. The van der Waals surface area contributed by atoms with Crippen molar-refractivity contribution in [1.29, 1.82) is 0 Å². The Balaban J connectivity index is 1.98. The van der Waals surface area contributed by atoms with Gasteiger partial charge in [0.05, 0.1) is 19.4 Å². The number of hydrogen-bond donors (Lipinski definition) is 3. The molecule has 0 aliphatic rings. The van der Waals surface area contributed by atoms with Gasteiger partial charge in [-0.25, -0.2) is 9.98 Å². The third kappa shape index (κ3) is 7.10. The highest BCUT2D eigenvalue weighted by Gasteiger charge is 2.28. The fraction of sp³-hybridized carbons (Fsp3) is 0.444. The number of ether oxygens (including phenoxy) is 1. The summed E-state index contributed by atoms with van der Waals surface area (Å²) in [5, 5.41) is 16.5. The Labute approximate surface area is 160 Å². The fourth-order valence-electron chi connectivity index (χ4n) is 2.22. The van der Waals surface area contributed by atoms with Crippen molar-refractivity contribution >= 4 is 5.96 Å². The summed E-state index contributed by atoms with van der Waals surface area (Å²) in [5.41, 5.74) is -0.614. The van der Waals surface area contributed by atoms with E-state index in [9.17, 15) is 18.3 Å². The summed E-state index contributed by atoms with van der Waals surface area (Å²) < 4.78 is 46.6. The fourth-order valence-corrected chi connectivity index (χ4v) is 2.22. The van der Waals surface area contributed by atoms with Crippen molar-refractivity contribution in [2.45, 2.75) is 32.2 Å². The van der Waals surface area contributed by atoms with Gasteiger partial charge in [-0.1, -0.05) is 0 Å². The minimum atomic E-state index is -4.43. The molecule has 0 aliphatic heterocycles. The molecule has 0 aliphatic carbocycles. The van der Waals surface area contributed by atoms with E-state index < -0.39 is 18.4 Å². The van der Waals surface area contributed by atoms with E-state index in [2.05, 4.69) is 25.3 Å². The van der Waals surface area contributed by atoms with Crippen LogP contribution < -0.4 is 15.4 Å². The van der Waals surface area contributed by atoms with Crippen molar-refractivity contribution in [3.8, 4) is 5.88 Å². The third-order valence-corrected chi connectivity index (χ3v) is 3.60. The van der Waals surface area contributed by atoms with E-state index in [-0.39, 0.29) is 19.0 Å². The van der Waals surface area contributed by atoms with Crippen LogP contribution >= 0.6 is 0 Å². The lowest BCUT2D eigenvalue weighted by atomic mass is 10.0. The first-order chi connectivity index (χ1) is 13.2. The highest BCUT2D eigenvalue weighted by atomic mass is 19.4. The number of aromatic nitrogens is 1. The Morgan fingerprint density at radius 3 is 2.75 bits per heavy atom. The predicted molar refractivity (Wildman–Crippen MR) is 96.9 cm³/mol. The Morgan fingerprint density at radius 2 is 2.11 bits per heavy atom. The zero-order chi connectivity index (χ0) is 20.6. The number of furan rings is 1. The van der Waals surface area contributed by atoms with Gasteiger partial charge in [0.15, 0.2) is 12.6 Å². The summed E-state index contributed by atoms with van der Waals surface area (Å²) in [7, 11) is 0. The smallest absolute Gasteiger partial charge is 0.422 e. The molecule has 7 nitrogen and oxygen atoms in total. The topological polar surface area (TPSA) is 91.9 Å². The van der Waals surface area contributed by atoms with Gasteiger partial charge in [0.1, 0.15) is 11.4 Å². The second-order valence-corrected chi connectivity index (χ2v) is 6.21. The molecule has 0 saturated heterocycles. The van der Waals surface area contributed by atoms with Crippen LogP contribution in [0.1, 0.15) is 25.2 Å². The van der Waals surface area contributed by atoms with E-state index in [1.807, 2.05) is 6.92 Å². The van der Waals surface area contributed by atoms with Crippen molar-refractivity contribution in [1.82, 2.24) is 15.6 Å². The third-order valence-electron chi connectivity index (χ3n) is 3.60. The Morgan fingerprint density at radius 1 is 1.32 bits per heavy atom. The zero-order valence-corrected chi connectivity index (χ0v) is 15.6. The van der Waals surface area contributed by atoms with Crippen molar-refractivity contribution in [2.75, 3.05) is 19.7 Å². The van der Waals surface area contributed by atoms with Gasteiger partial charge < -0.3 is 24.9 Å². The molecular formula is C18H23F3N4O3. The van der Waals surface area contributed by atoms with Crippen LogP contribution in [0, 0.1) is 0 Å². The highest BCUT2D eigenvalue weighted by molar-refractivity contribution is 5.79. The largest absolute Gasteiger partial charge is 0.468 e. The number of nitrogens with one attached hydrogen (secondary N) is 2. The molecule has 0 spiro atoms. The van der Waals surface area contributed by atoms with Crippen LogP contribution in [0.15, 0.2) is 46.1 Å². The van der Waals surface area contributed by atoms with E-state index >= 15 is 0 Å². The second-order valence-electron chi connectivity index (χ2n) is 6.21. The average Bonchev–Trinajstić information content (AvgIpc) is 3.18. The van der Waals surface area contributed by atoms with Crippen molar-refractivity contribution in [3.05, 3.63) is 48.0 Å². The molecule has 1 atom stereocenters. The van der Waals surface area contributed by atoms with Crippen molar-refractivity contribution in [3.63, 3.8) is 0 Å². The van der Waals surface area contributed by atoms with Gasteiger partial charge >= 0.3 is 6.18 Å². The molecule has 0 saturated carbocycles. The summed E-state index contributed by atoms with van der Waals surface area (Å²) >= 11 is 0. The predicted octanol–water partition coefficient (Wildman–Crippen LogP) is 2.58. The van der Waals surface area contributed by atoms with Crippen LogP contribution in [0.2, 0.25) is 0 Å². The quantitative estimate of drug-likeness (QED) is 0.466. The minimum absolute atomic E-state index is 0.122. The van der Waals surface area contributed by atoms with Crippen LogP contribution in [-0.2, 0) is 12.1 Å². The summed E-state index contributed by atoms with van der Waals surface area (Å²) in [6.07, 6.45) is -1.59. The molecule has 2 aromatic rings. The lowest BCUT2D eigenvalue weighted by molar-refractivity contribution is -0.154. The molecule has 10 heteroatoms. The van der Waals surface area contributed by atoms with Crippen LogP contribution in [0.5, 0.6) is 5.88 Å². The number of guanidine groups is 1. The van der Waals surface area contributed by atoms with Gasteiger partial charge in [0, 0.05) is 18.8 Å². The first-order valence-electron chi connectivity index (χ1n) is 8.62. The lowest BCUT2D eigenvalue weighted by Gasteiger charge is -2.22. The SMILES string of the molecule is CCNC(=NCc1ccnc(OCC(F)(F)F)c1)NCC(C)(O)c1ccco1. The van der Waals surface area contributed by atoms with Gasteiger partial charge in [0.2, 0.25) is 5.88 Å². The molecular weight excluding hydrogens is 377 g/mol. The van der Waals surface area contributed by atoms with E-state index in [0.717, 1.165) is 0 Å². The molecule has 28 heavy (non-hydrogen) atoms. The monoisotopic (exact) mass is 400 g/mol. The maximum absolute atomic E-state index is 12.2. The molecule has 0 fully saturated rings. The van der Waals surface area contributed by atoms with Gasteiger partial charge in [-0.3, -0.25) is 0 Å². The van der Waals surface area contributed by atoms with Gasteiger partial charge in [-0.2, -0.15) is 13.2 Å². The Hall–Kier alpha value is -2.75. The molecule has 2 aromatic heterocycles. The lowest BCUT2D eigenvalue weighted by Crippen LogP contribution is -2.44. The summed E-state index contributed by atoms with van der Waals surface area (Å²) in [5.74, 6) is 0.726. The molecule has 1 unspecified atom stereocenters. The van der Waals surface area contributed by atoms with Crippen LogP contribution in [-0.4, -0.2) is 41.9 Å². The molecule has 2 rings (SSSR count). The minimum Gasteiger partial charge on any atom is -0.468 e. The first-order valence-corrected chi connectivity index (χ1v) is 8.62.